The van der Waals surface area contributed by atoms with Crippen LogP contribution in [0.1, 0.15) is 5.69 Å². The molecular weight excluding hydrogens is 288 g/mol. The van der Waals surface area contributed by atoms with Crippen LogP contribution in [0.3, 0.4) is 0 Å². The lowest BCUT2D eigenvalue weighted by molar-refractivity contribution is 0.0189. The molecule has 23 heavy (non-hydrogen) atoms. The Morgan fingerprint density at radius 3 is 2.78 bits per heavy atom. The first-order valence-electron chi connectivity index (χ1n) is 8.24. The van der Waals surface area contributed by atoms with Gasteiger partial charge in [-0.05, 0) is 19.1 Å². The van der Waals surface area contributed by atoms with Gasteiger partial charge in [0.25, 0.3) is 0 Å². The molecular formula is C17H22N6. The van der Waals surface area contributed by atoms with Gasteiger partial charge in [0, 0.05) is 75.0 Å². The van der Waals surface area contributed by atoms with Gasteiger partial charge < -0.3 is 5.32 Å². The van der Waals surface area contributed by atoms with Crippen molar-refractivity contribution in [3.63, 3.8) is 0 Å². The number of aryl methyl sites for hydroxylation is 1. The molecule has 1 N–H and O–H groups in total. The van der Waals surface area contributed by atoms with E-state index >= 15 is 0 Å². The lowest BCUT2D eigenvalue weighted by Gasteiger charge is -2.47. The largest absolute Gasteiger partial charge is 0.368 e. The second-order valence-electron chi connectivity index (χ2n) is 6.33. The normalized spacial score (nSPS) is 26.2. The van der Waals surface area contributed by atoms with Crippen LogP contribution >= 0.6 is 0 Å². The number of rotatable bonds is 4. The molecule has 1 atom stereocenters. The monoisotopic (exact) mass is 310 g/mol. The van der Waals surface area contributed by atoms with Crippen LogP contribution in [-0.2, 0) is 0 Å². The number of hydrogen-bond donors (Lipinski definition) is 1. The van der Waals surface area contributed by atoms with Crippen molar-refractivity contribution in [2.45, 2.75) is 13.0 Å². The Morgan fingerprint density at radius 2 is 2.09 bits per heavy atom. The Labute approximate surface area is 136 Å². The molecule has 0 saturated carbocycles. The van der Waals surface area contributed by atoms with E-state index in [1.54, 1.807) is 12.4 Å². The van der Waals surface area contributed by atoms with Gasteiger partial charge in [-0.2, -0.15) is 0 Å². The Morgan fingerprint density at radius 1 is 1.22 bits per heavy atom. The van der Waals surface area contributed by atoms with Crippen molar-refractivity contribution in [2.75, 3.05) is 44.6 Å². The van der Waals surface area contributed by atoms with Crippen molar-refractivity contribution in [3.8, 4) is 11.4 Å². The van der Waals surface area contributed by atoms with Gasteiger partial charge in [0.2, 0.25) is 0 Å². The summed E-state index contributed by atoms with van der Waals surface area (Å²) in [5, 5.41) is 3.51. The van der Waals surface area contributed by atoms with Gasteiger partial charge >= 0.3 is 0 Å². The van der Waals surface area contributed by atoms with Crippen LogP contribution in [0.2, 0.25) is 0 Å². The number of nitrogens with zero attached hydrogens (tertiary/aromatic N) is 5. The minimum absolute atomic E-state index is 0.578. The Bertz CT molecular complexity index is 666. The lowest BCUT2D eigenvalue weighted by atomic mass is 10.1. The highest BCUT2D eigenvalue weighted by atomic mass is 15.3. The van der Waals surface area contributed by atoms with Gasteiger partial charge in [0.05, 0.1) is 0 Å². The van der Waals surface area contributed by atoms with E-state index in [2.05, 4.69) is 30.1 Å². The maximum atomic E-state index is 4.66. The molecule has 0 spiro atoms. The number of fused-ring (bicyclic) bond motifs is 3. The summed E-state index contributed by atoms with van der Waals surface area (Å²) in [6.45, 7) is 8.91. The molecule has 0 aromatic carbocycles. The topological polar surface area (TPSA) is 57.2 Å². The third kappa shape index (κ3) is 3.18. The van der Waals surface area contributed by atoms with Crippen molar-refractivity contribution in [1.29, 1.82) is 0 Å². The van der Waals surface area contributed by atoms with Crippen LogP contribution in [0, 0.1) is 6.92 Å². The SMILES string of the molecule is Cc1cc(NCC2CN3CCN2CC3)nc(-c2cccnc2)n1. The van der Waals surface area contributed by atoms with Crippen LogP contribution in [0.5, 0.6) is 0 Å². The maximum Gasteiger partial charge on any atom is 0.163 e. The zero-order chi connectivity index (χ0) is 15.6. The third-order valence-corrected chi connectivity index (χ3v) is 4.68. The highest BCUT2D eigenvalue weighted by Gasteiger charge is 2.31. The number of piperazine rings is 3. The number of anilines is 1. The molecule has 0 amide bonds. The average molecular weight is 310 g/mol. The fourth-order valence-corrected chi connectivity index (χ4v) is 3.42. The average Bonchev–Trinajstić information content (AvgIpc) is 2.61. The summed E-state index contributed by atoms with van der Waals surface area (Å²) in [6.07, 6.45) is 3.57. The summed E-state index contributed by atoms with van der Waals surface area (Å²) in [7, 11) is 0. The summed E-state index contributed by atoms with van der Waals surface area (Å²) in [5.41, 5.74) is 1.92. The molecule has 3 fully saturated rings. The van der Waals surface area contributed by atoms with E-state index in [0.717, 1.165) is 36.0 Å². The molecule has 3 aliphatic heterocycles. The van der Waals surface area contributed by atoms with Crippen molar-refractivity contribution in [3.05, 3.63) is 36.3 Å². The van der Waals surface area contributed by atoms with Gasteiger partial charge in [-0.15, -0.1) is 0 Å². The molecule has 2 bridgehead atoms. The molecule has 2 aromatic rings. The highest BCUT2D eigenvalue weighted by molar-refractivity contribution is 5.56. The van der Waals surface area contributed by atoms with Crippen LogP contribution in [-0.4, -0.2) is 70.1 Å². The second kappa shape index (κ2) is 6.22. The first kappa shape index (κ1) is 14.5. The van der Waals surface area contributed by atoms with Crippen molar-refractivity contribution in [1.82, 2.24) is 24.8 Å². The summed E-state index contributed by atoms with van der Waals surface area (Å²) in [4.78, 5) is 18.5. The van der Waals surface area contributed by atoms with Gasteiger partial charge in [-0.1, -0.05) is 0 Å². The minimum Gasteiger partial charge on any atom is -0.368 e. The second-order valence-corrected chi connectivity index (χ2v) is 6.33. The van der Waals surface area contributed by atoms with Crippen LogP contribution in [0.25, 0.3) is 11.4 Å². The van der Waals surface area contributed by atoms with Crippen molar-refractivity contribution < 1.29 is 0 Å². The molecule has 6 heteroatoms. The lowest BCUT2D eigenvalue weighted by Crippen LogP contribution is -2.62. The van der Waals surface area contributed by atoms with Gasteiger partial charge in [-0.25, -0.2) is 9.97 Å². The Balaban J connectivity index is 1.48. The number of nitrogens with one attached hydrogen (secondary N) is 1. The summed E-state index contributed by atoms with van der Waals surface area (Å²) >= 11 is 0. The molecule has 120 valence electrons. The molecule has 3 aliphatic rings. The predicted molar refractivity (Wildman–Crippen MR) is 90.3 cm³/mol. The van der Waals surface area contributed by atoms with Crippen LogP contribution in [0.15, 0.2) is 30.6 Å². The highest BCUT2D eigenvalue weighted by Crippen LogP contribution is 2.19. The Kier molecular flexibility index (Phi) is 3.93. The third-order valence-electron chi connectivity index (χ3n) is 4.68. The van der Waals surface area contributed by atoms with Gasteiger partial charge in [-0.3, -0.25) is 14.8 Å². The quantitative estimate of drug-likeness (QED) is 0.917. The number of hydrogen-bond acceptors (Lipinski definition) is 6. The number of pyridine rings is 1. The summed E-state index contributed by atoms with van der Waals surface area (Å²) in [5.74, 6) is 1.63. The van der Waals surface area contributed by atoms with E-state index in [1.165, 1.54) is 26.2 Å². The number of aromatic nitrogens is 3. The van der Waals surface area contributed by atoms with Crippen molar-refractivity contribution >= 4 is 5.82 Å². The van der Waals surface area contributed by atoms with E-state index in [1.807, 2.05) is 25.1 Å². The van der Waals surface area contributed by atoms with E-state index < -0.39 is 0 Å². The molecule has 5 heterocycles. The van der Waals surface area contributed by atoms with Crippen molar-refractivity contribution in [2.24, 2.45) is 0 Å². The molecule has 2 aromatic heterocycles. The zero-order valence-electron chi connectivity index (χ0n) is 13.4. The van der Waals surface area contributed by atoms with Crippen LogP contribution in [0.4, 0.5) is 5.82 Å². The van der Waals surface area contributed by atoms with E-state index in [9.17, 15) is 0 Å². The minimum atomic E-state index is 0.578. The molecule has 0 radical (unpaired) electrons. The van der Waals surface area contributed by atoms with E-state index in [-0.39, 0.29) is 0 Å². The van der Waals surface area contributed by atoms with E-state index in [4.69, 9.17) is 0 Å². The van der Waals surface area contributed by atoms with E-state index in [0.29, 0.717) is 6.04 Å². The van der Waals surface area contributed by atoms with Gasteiger partial charge in [0.15, 0.2) is 5.82 Å². The summed E-state index contributed by atoms with van der Waals surface area (Å²) < 4.78 is 0. The zero-order valence-corrected chi connectivity index (χ0v) is 13.4. The summed E-state index contributed by atoms with van der Waals surface area (Å²) in [6, 6.07) is 6.49. The van der Waals surface area contributed by atoms with Gasteiger partial charge in [0.1, 0.15) is 5.82 Å². The first-order valence-corrected chi connectivity index (χ1v) is 8.24. The standard InChI is InChI=1S/C17H22N6/c1-13-9-16(21-17(20-13)14-3-2-4-18-10-14)19-11-15-12-22-5-7-23(15)8-6-22/h2-4,9-10,15H,5-8,11-12H2,1H3,(H,19,20,21). The molecule has 1 unspecified atom stereocenters. The predicted octanol–water partition coefficient (Wildman–Crippen LogP) is 1.26. The van der Waals surface area contributed by atoms with Crippen LogP contribution < -0.4 is 5.32 Å². The smallest absolute Gasteiger partial charge is 0.163 e. The first-order chi connectivity index (χ1) is 11.3. The molecule has 0 aliphatic carbocycles. The molecule has 3 saturated heterocycles. The fraction of sp³-hybridized carbons (Fsp3) is 0.471. The fourth-order valence-electron chi connectivity index (χ4n) is 3.42. The maximum absolute atomic E-state index is 4.66. The Hall–Kier alpha value is -2.05. The molecule has 6 nitrogen and oxygen atoms in total. The molecule has 5 rings (SSSR count).